The molecule has 0 saturated heterocycles. The lowest BCUT2D eigenvalue weighted by atomic mass is 10.2. The summed E-state index contributed by atoms with van der Waals surface area (Å²) >= 11 is 0. The minimum atomic E-state index is 0.396. The van der Waals surface area contributed by atoms with Gasteiger partial charge in [0, 0.05) is 6.54 Å². The Balaban J connectivity index is 1.86. The van der Waals surface area contributed by atoms with Crippen LogP contribution in [0.4, 0.5) is 11.8 Å². The number of hydrogen-bond acceptors (Lipinski definition) is 6. The molecule has 3 aromatic rings. The van der Waals surface area contributed by atoms with Crippen LogP contribution in [0.3, 0.4) is 0 Å². The molecule has 3 rings (SSSR count). The predicted octanol–water partition coefficient (Wildman–Crippen LogP) is 2.68. The fraction of sp³-hybridized carbons (Fsp3) is 0.353. The van der Waals surface area contributed by atoms with Crippen molar-refractivity contribution >= 4 is 22.9 Å². The maximum atomic E-state index is 6.02. The highest BCUT2D eigenvalue weighted by Gasteiger charge is 2.11. The molecule has 0 aliphatic heterocycles. The summed E-state index contributed by atoms with van der Waals surface area (Å²) < 4.78 is 7.16. The number of imidazole rings is 1. The van der Waals surface area contributed by atoms with Crippen LogP contribution in [0.1, 0.15) is 25.3 Å². The van der Waals surface area contributed by atoms with E-state index in [1.165, 1.54) is 0 Å². The topological polar surface area (TPSA) is 90.9 Å². The molecule has 0 bridgehead atoms. The first kappa shape index (κ1) is 16.0. The van der Waals surface area contributed by atoms with Crippen molar-refractivity contribution in [3.8, 4) is 5.75 Å². The van der Waals surface area contributed by atoms with Crippen LogP contribution in [0.15, 0.2) is 30.6 Å². The number of ether oxygens (including phenoxy) is 1. The van der Waals surface area contributed by atoms with E-state index in [1.54, 1.807) is 13.4 Å². The lowest BCUT2D eigenvalue weighted by Crippen LogP contribution is -2.08. The number of anilines is 2. The molecular weight excluding hydrogens is 304 g/mol. The molecule has 0 aliphatic carbocycles. The highest BCUT2D eigenvalue weighted by molar-refractivity contribution is 5.82. The fourth-order valence-corrected chi connectivity index (χ4v) is 2.47. The van der Waals surface area contributed by atoms with Crippen molar-refractivity contribution in [3.63, 3.8) is 0 Å². The van der Waals surface area contributed by atoms with Gasteiger partial charge in [-0.2, -0.15) is 9.97 Å². The first-order chi connectivity index (χ1) is 11.7. The molecule has 7 heteroatoms. The molecule has 0 amide bonds. The Bertz CT molecular complexity index is 812. The van der Waals surface area contributed by atoms with Crippen molar-refractivity contribution in [1.29, 1.82) is 0 Å². The van der Waals surface area contributed by atoms with E-state index in [2.05, 4.69) is 27.2 Å². The first-order valence-electron chi connectivity index (χ1n) is 8.06. The van der Waals surface area contributed by atoms with Crippen molar-refractivity contribution in [1.82, 2.24) is 19.5 Å². The highest BCUT2D eigenvalue weighted by Crippen LogP contribution is 2.20. The summed E-state index contributed by atoms with van der Waals surface area (Å²) in [6.45, 7) is 3.63. The molecule has 7 nitrogen and oxygen atoms in total. The van der Waals surface area contributed by atoms with E-state index in [4.69, 9.17) is 10.5 Å². The zero-order valence-corrected chi connectivity index (χ0v) is 14.0. The molecule has 0 aliphatic rings. The molecule has 24 heavy (non-hydrogen) atoms. The number of aromatic nitrogens is 4. The van der Waals surface area contributed by atoms with Crippen LogP contribution in [0.25, 0.3) is 11.2 Å². The number of nitrogens with one attached hydrogen (secondary N) is 1. The molecule has 0 saturated carbocycles. The number of nitrogens with zero attached hydrogens (tertiary/aromatic N) is 4. The smallest absolute Gasteiger partial charge is 0.226 e. The van der Waals surface area contributed by atoms with Gasteiger partial charge in [0.2, 0.25) is 5.95 Å². The van der Waals surface area contributed by atoms with Crippen molar-refractivity contribution < 1.29 is 4.74 Å². The minimum absolute atomic E-state index is 0.396. The predicted molar refractivity (Wildman–Crippen MR) is 95.2 cm³/mol. The highest BCUT2D eigenvalue weighted by atomic mass is 16.5. The van der Waals surface area contributed by atoms with Gasteiger partial charge in [-0.15, -0.1) is 0 Å². The number of fused-ring (bicyclic) bond motifs is 1. The van der Waals surface area contributed by atoms with Crippen molar-refractivity contribution in [2.24, 2.45) is 0 Å². The van der Waals surface area contributed by atoms with E-state index in [-0.39, 0.29) is 0 Å². The maximum absolute atomic E-state index is 6.02. The van der Waals surface area contributed by atoms with Crippen LogP contribution in [0.2, 0.25) is 0 Å². The Morgan fingerprint density at radius 3 is 2.71 bits per heavy atom. The quantitative estimate of drug-likeness (QED) is 0.649. The van der Waals surface area contributed by atoms with Gasteiger partial charge in [0.25, 0.3) is 0 Å². The van der Waals surface area contributed by atoms with E-state index in [9.17, 15) is 0 Å². The van der Waals surface area contributed by atoms with Crippen molar-refractivity contribution in [3.05, 3.63) is 36.2 Å². The normalized spacial score (nSPS) is 10.9. The van der Waals surface area contributed by atoms with Gasteiger partial charge in [-0.05, 0) is 24.1 Å². The van der Waals surface area contributed by atoms with Gasteiger partial charge < -0.3 is 20.4 Å². The monoisotopic (exact) mass is 326 g/mol. The summed E-state index contributed by atoms with van der Waals surface area (Å²) in [6, 6.07) is 7.93. The molecule has 126 valence electrons. The third-order valence-corrected chi connectivity index (χ3v) is 3.82. The van der Waals surface area contributed by atoms with E-state index >= 15 is 0 Å². The van der Waals surface area contributed by atoms with Crippen LogP contribution in [-0.2, 0) is 6.54 Å². The zero-order valence-electron chi connectivity index (χ0n) is 14.0. The Kier molecular flexibility index (Phi) is 4.79. The average Bonchev–Trinajstić information content (AvgIpc) is 2.99. The van der Waals surface area contributed by atoms with E-state index in [0.29, 0.717) is 23.8 Å². The summed E-state index contributed by atoms with van der Waals surface area (Å²) in [6.07, 6.45) is 3.92. The summed E-state index contributed by atoms with van der Waals surface area (Å²) in [5.41, 5.74) is 8.52. The standard InChI is InChI=1S/C17H22N6O/c1-3-4-9-19-17-21-15(18)14-16(22-17)23(11-20-14)10-12-5-7-13(24-2)8-6-12/h5-8,11H,3-4,9-10H2,1-2H3,(H3,18,19,21,22). The molecule has 0 atom stereocenters. The van der Waals surface area contributed by atoms with Gasteiger partial charge in [0.15, 0.2) is 11.5 Å². The molecule has 2 heterocycles. The Labute approximate surface area is 140 Å². The molecule has 1 aromatic carbocycles. The van der Waals surface area contributed by atoms with Gasteiger partial charge in [0.05, 0.1) is 20.0 Å². The molecule has 0 fully saturated rings. The average molecular weight is 326 g/mol. The second-order valence-corrected chi connectivity index (χ2v) is 5.61. The van der Waals surface area contributed by atoms with Gasteiger partial charge in [0.1, 0.15) is 11.3 Å². The van der Waals surface area contributed by atoms with Gasteiger partial charge in [-0.25, -0.2) is 4.98 Å². The number of hydrogen-bond donors (Lipinski definition) is 2. The van der Waals surface area contributed by atoms with Crippen LogP contribution >= 0.6 is 0 Å². The van der Waals surface area contributed by atoms with Crippen molar-refractivity contribution in [2.75, 3.05) is 24.7 Å². The van der Waals surface area contributed by atoms with Gasteiger partial charge in [-0.3, -0.25) is 0 Å². The SMILES string of the molecule is CCCCNc1nc(N)c2ncn(Cc3ccc(OC)cc3)c2n1. The van der Waals surface area contributed by atoms with E-state index in [0.717, 1.165) is 36.3 Å². The second kappa shape index (κ2) is 7.16. The van der Waals surface area contributed by atoms with Crippen molar-refractivity contribution in [2.45, 2.75) is 26.3 Å². The van der Waals surface area contributed by atoms with Gasteiger partial charge >= 0.3 is 0 Å². The minimum Gasteiger partial charge on any atom is -0.497 e. The summed E-state index contributed by atoms with van der Waals surface area (Å²) in [5.74, 6) is 1.78. The van der Waals surface area contributed by atoms with Crippen LogP contribution in [0, 0.1) is 0 Å². The Morgan fingerprint density at radius 1 is 1.21 bits per heavy atom. The van der Waals surface area contributed by atoms with E-state index in [1.807, 2.05) is 28.8 Å². The summed E-state index contributed by atoms with van der Waals surface area (Å²) in [7, 11) is 1.66. The number of rotatable bonds is 7. The fourth-order valence-electron chi connectivity index (χ4n) is 2.47. The van der Waals surface area contributed by atoms with E-state index < -0.39 is 0 Å². The Morgan fingerprint density at radius 2 is 2.00 bits per heavy atom. The van der Waals surface area contributed by atoms with Crippen LogP contribution < -0.4 is 15.8 Å². The summed E-state index contributed by atoms with van der Waals surface area (Å²) in [5, 5.41) is 3.21. The van der Waals surface area contributed by atoms with Crippen LogP contribution in [-0.4, -0.2) is 33.2 Å². The number of benzene rings is 1. The van der Waals surface area contributed by atoms with Gasteiger partial charge in [-0.1, -0.05) is 25.5 Å². The lowest BCUT2D eigenvalue weighted by molar-refractivity contribution is 0.414. The summed E-state index contributed by atoms with van der Waals surface area (Å²) in [4.78, 5) is 13.2. The number of nitrogen functional groups attached to an aromatic ring is 1. The molecule has 0 spiro atoms. The number of unbranched alkanes of at least 4 members (excludes halogenated alkanes) is 1. The molecule has 0 radical (unpaired) electrons. The zero-order chi connectivity index (χ0) is 16.9. The maximum Gasteiger partial charge on any atom is 0.226 e. The third-order valence-electron chi connectivity index (χ3n) is 3.82. The molecular formula is C17H22N6O. The van der Waals surface area contributed by atoms with Crippen LogP contribution in [0.5, 0.6) is 5.75 Å². The first-order valence-corrected chi connectivity index (χ1v) is 8.06. The number of methoxy groups -OCH3 is 1. The Hall–Kier alpha value is -2.83. The molecule has 3 N–H and O–H groups in total. The third kappa shape index (κ3) is 3.40. The second-order valence-electron chi connectivity index (χ2n) is 5.61. The molecule has 2 aromatic heterocycles. The number of nitrogens with two attached hydrogens (primary N) is 1. The lowest BCUT2D eigenvalue weighted by Gasteiger charge is -2.08. The largest absolute Gasteiger partial charge is 0.497 e. The molecule has 0 unspecified atom stereocenters.